The number of hydrogen-bond donors (Lipinski definition) is 0. The van der Waals surface area contributed by atoms with Gasteiger partial charge in [-0.2, -0.15) is 0 Å². The summed E-state index contributed by atoms with van der Waals surface area (Å²) in [6.07, 6.45) is 1.06. The van der Waals surface area contributed by atoms with Gasteiger partial charge in [0.05, 0.1) is 6.61 Å². The normalized spacial score (nSPS) is 12.4. The molecule has 0 N–H and O–H groups in total. The van der Waals surface area contributed by atoms with Gasteiger partial charge >= 0.3 is 5.97 Å². The zero-order chi connectivity index (χ0) is 19.4. The number of halogens is 2. The van der Waals surface area contributed by atoms with Crippen molar-refractivity contribution in [2.45, 2.75) is 52.1 Å². The monoisotopic (exact) mass is 364 g/mol. The number of hydrogen-bond acceptors (Lipinski definition) is 3. The number of ether oxygens (including phenoxy) is 2. The van der Waals surface area contributed by atoms with Gasteiger partial charge in [0.15, 0.2) is 6.61 Å². The first-order valence-electron chi connectivity index (χ1n) is 8.75. The summed E-state index contributed by atoms with van der Waals surface area (Å²) in [6.45, 7) is 6.27. The quantitative estimate of drug-likeness (QED) is 0.601. The number of alkyl halides is 2. The van der Waals surface area contributed by atoms with E-state index in [2.05, 4.69) is 43.7 Å². The maximum absolute atomic E-state index is 12.6. The molecule has 0 fully saturated rings. The molecule has 0 aliphatic rings. The first kappa shape index (κ1) is 20.3. The lowest BCUT2D eigenvalue weighted by molar-refractivity contribution is -0.159. The summed E-state index contributed by atoms with van der Waals surface area (Å²) >= 11 is 0. The lowest BCUT2D eigenvalue weighted by Crippen LogP contribution is -2.23. The van der Waals surface area contributed by atoms with Crippen molar-refractivity contribution in [1.29, 1.82) is 0 Å². The van der Waals surface area contributed by atoms with Crippen molar-refractivity contribution in [1.82, 2.24) is 0 Å². The van der Waals surface area contributed by atoms with E-state index in [0.717, 1.165) is 22.8 Å². The van der Waals surface area contributed by atoms with Crippen LogP contribution in [0.25, 0.3) is 10.8 Å². The fraction of sp³-hybridized carbons (Fsp3) is 0.476. The molecule has 26 heavy (non-hydrogen) atoms. The summed E-state index contributed by atoms with van der Waals surface area (Å²) in [7, 11) is 0. The van der Waals surface area contributed by atoms with Crippen LogP contribution in [0, 0.1) is 0 Å². The molecule has 0 aliphatic carbocycles. The van der Waals surface area contributed by atoms with Crippen molar-refractivity contribution >= 4 is 16.7 Å². The maximum atomic E-state index is 12.6. The first-order valence-corrected chi connectivity index (χ1v) is 8.75. The molecule has 0 atom stereocenters. The van der Waals surface area contributed by atoms with E-state index in [1.165, 1.54) is 5.56 Å². The van der Waals surface area contributed by atoms with E-state index in [9.17, 15) is 13.6 Å². The second-order valence-corrected chi connectivity index (χ2v) is 7.36. The summed E-state index contributed by atoms with van der Waals surface area (Å²) in [5.41, 5.74) is 2.34. The van der Waals surface area contributed by atoms with Crippen LogP contribution in [0.5, 0.6) is 0 Å². The SMILES string of the molecule is CCC(C)(C)c1ccc2cc(COCC(=O)OCC(C)(F)F)ccc2c1. The van der Waals surface area contributed by atoms with E-state index in [4.69, 9.17) is 4.74 Å². The Labute approximate surface area is 153 Å². The lowest BCUT2D eigenvalue weighted by atomic mass is 9.81. The molecular formula is C21H26F2O3. The van der Waals surface area contributed by atoms with E-state index in [0.29, 0.717) is 6.92 Å². The molecule has 0 aliphatic heterocycles. The van der Waals surface area contributed by atoms with Crippen LogP contribution in [0.4, 0.5) is 8.78 Å². The van der Waals surface area contributed by atoms with Crippen molar-refractivity contribution in [2.75, 3.05) is 13.2 Å². The Balaban J connectivity index is 1.95. The molecule has 5 heteroatoms. The molecule has 142 valence electrons. The van der Waals surface area contributed by atoms with E-state index >= 15 is 0 Å². The molecular weight excluding hydrogens is 338 g/mol. The Bertz CT molecular complexity index is 763. The molecule has 0 unspecified atom stereocenters. The fourth-order valence-corrected chi connectivity index (χ4v) is 2.51. The van der Waals surface area contributed by atoms with Gasteiger partial charge in [-0.15, -0.1) is 0 Å². The fourth-order valence-electron chi connectivity index (χ4n) is 2.51. The lowest BCUT2D eigenvalue weighted by Gasteiger charge is -2.23. The van der Waals surface area contributed by atoms with Gasteiger partial charge in [0.1, 0.15) is 6.61 Å². The largest absolute Gasteiger partial charge is 0.458 e. The molecule has 0 saturated carbocycles. The molecule has 0 heterocycles. The number of esters is 1. The molecule has 0 amide bonds. The highest BCUT2D eigenvalue weighted by Gasteiger charge is 2.23. The van der Waals surface area contributed by atoms with Gasteiger partial charge in [0.25, 0.3) is 5.92 Å². The van der Waals surface area contributed by atoms with E-state index in [-0.39, 0.29) is 18.6 Å². The smallest absolute Gasteiger partial charge is 0.332 e. The third kappa shape index (κ3) is 5.77. The maximum Gasteiger partial charge on any atom is 0.332 e. The third-order valence-corrected chi connectivity index (χ3v) is 4.55. The Kier molecular flexibility index (Phi) is 6.34. The van der Waals surface area contributed by atoms with Crippen molar-refractivity contribution in [3.63, 3.8) is 0 Å². The van der Waals surface area contributed by atoms with Crippen molar-refractivity contribution in [3.05, 3.63) is 47.5 Å². The van der Waals surface area contributed by atoms with Crippen LogP contribution in [-0.4, -0.2) is 25.1 Å². The van der Waals surface area contributed by atoms with Crippen LogP contribution in [0.3, 0.4) is 0 Å². The standard InChI is InChI=1S/C21H26F2O3/c1-5-20(2,3)18-9-8-16-10-15(6-7-17(16)11-18)12-25-13-19(24)26-14-21(4,22)23/h6-11H,5,12-14H2,1-4H3. The zero-order valence-corrected chi connectivity index (χ0v) is 15.8. The summed E-state index contributed by atoms with van der Waals surface area (Å²) in [6, 6.07) is 12.4. The van der Waals surface area contributed by atoms with E-state index in [1.807, 2.05) is 18.2 Å². The Hall–Kier alpha value is -2.01. The number of carbonyl (C=O) groups is 1. The first-order chi connectivity index (χ1) is 12.1. The number of carbonyl (C=O) groups excluding carboxylic acids is 1. The van der Waals surface area contributed by atoms with Gasteiger partial charge in [-0.3, -0.25) is 0 Å². The van der Waals surface area contributed by atoms with Gasteiger partial charge in [-0.05, 0) is 39.8 Å². The second kappa shape index (κ2) is 8.12. The van der Waals surface area contributed by atoms with Crippen LogP contribution >= 0.6 is 0 Å². The molecule has 0 aromatic heterocycles. The van der Waals surface area contributed by atoms with Crippen molar-refractivity contribution in [3.8, 4) is 0 Å². The van der Waals surface area contributed by atoms with Crippen LogP contribution < -0.4 is 0 Å². The van der Waals surface area contributed by atoms with Crippen LogP contribution in [0.1, 0.15) is 45.2 Å². The molecule has 2 aromatic carbocycles. The minimum atomic E-state index is -3.03. The van der Waals surface area contributed by atoms with Crippen molar-refractivity contribution in [2.24, 2.45) is 0 Å². The predicted molar refractivity (Wildman–Crippen MR) is 98.5 cm³/mol. The van der Waals surface area contributed by atoms with Gasteiger partial charge in [-0.1, -0.05) is 51.1 Å². The zero-order valence-electron chi connectivity index (χ0n) is 15.8. The molecule has 0 bridgehead atoms. The molecule has 0 saturated heterocycles. The Morgan fingerprint density at radius 3 is 2.35 bits per heavy atom. The van der Waals surface area contributed by atoms with Gasteiger partial charge < -0.3 is 9.47 Å². The van der Waals surface area contributed by atoms with Gasteiger partial charge in [-0.25, -0.2) is 13.6 Å². The van der Waals surface area contributed by atoms with E-state index < -0.39 is 18.5 Å². The topological polar surface area (TPSA) is 35.5 Å². The Morgan fingerprint density at radius 2 is 1.69 bits per heavy atom. The summed E-state index contributed by atoms with van der Waals surface area (Å²) < 4.78 is 35.0. The van der Waals surface area contributed by atoms with Crippen LogP contribution in [-0.2, 0) is 26.3 Å². The highest BCUT2D eigenvalue weighted by atomic mass is 19.3. The van der Waals surface area contributed by atoms with Gasteiger partial charge in [0, 0.05) is 6.92 Å². The number of fused-ring (bicyclic) bond motifs is 1. The molecule has 0 radical (unpaired) electrons. The van der Waals surface area contributed by atoms with Gasteiger partial charge in [0.2, 0.25) is 0 Å². The minimum Gasteiger partial charge on any atom is -0.458 e. The molecule has 0 spiro atoms. The van der Waals surface area contributed by atoms with Crippen LogP contribution in [0.15, 0.2) is 36.4 Å². The highest BCUT2D eigenvalue weighted by Crippen LogP contribution is 2.29. The second-order valence-electron chi connectivity index (χ2n) is 7.36. The summed E-state index contributed by atoms with van der Waals surface area (Å²) in [4.78, 5) is 11.4. The third-order valence-electron chi connectivity index (χ3n) is 4.55. The number of benzene rings is 2. The minimum absolute atomic E-state index is 0.131. The van der Waals surface area contributed by atoms with E-state index in [1.54, 1.807) is 0 Å². The van der Waals surface area contributed by atoms with Crippen LogP contribution in [0.2, 0.25) is 0 Å². The molecule has 2 rings (SSSR count). The average molecular weight is 364 g/mol. The molecule has 2 aromatic rings. The Morgan fingerprint density at radius 1 is 1.04 bits per heavy atom. The summed E-state index contributed by atoms with van der Waals surface area (Å²) in [5, 5.41) is 2.24. The van der Waals surface area contributed by atoms with Crippen molar-refractivity contribution < 1.29 is 23.0 Å². The predicted octanol–water partition coefficient (Wildman–Crippen LogP) is 5.24. The summed E-state index contributed by atoms with van der Waals surface area (Å²) in [5.74, 6) is -3.82. The molecule has 3 nitrogen and oxygen atoms in total. The average Bonchev–Trinajstić information content (AvgIpc) is 2.59. The number of rotatable bonds is 8. The highest BCUT2D eigenvalue weighted by molar-refractivity contribution is 5.84.